The molecule has 0 spiro atoms. The molecular formula is C29H33FN6O5S. The Hall–Kier alpha value is -4.28. The number of carbonyl (C=O) groups is 1. The third-order valence-electron chi connectivity index (χ3n) is 7.22. The number of methoxy groups -OCH3 is 1. The van der Waals surface area contributed by atoms with Crippen LogP contribution in [0.4, 0.5) is 4.39 Å². The highest BCUT2D eigenvalue weighted by molar-refractivity contribution is 7.21. The van der Waals surface area contributed by atoms with Gasteiger partial charge in [-0.25, -0.2) is 18.4 Å². The van der Waals surface area contributed by atoms with Crippen molar-refractivity contribution in [2.45, 2.75) is 58.8 Å². The summed E-state index contributed by atoms with van der Waals surface area (Å²) in [5.74, 6) is -0.604. The Morgan fingerprint density at radius 1 is 1.26 bits per heavy atom. The smallest absolute Gasteiger partial charge is 0.332 e. The highest BCUT2D eigenvalue weighted by Crippen LogP contribution is 2.34. The Morgan fingerprint density at radius 3 is 2.62 bits per heavy atom. The van der Waals surface area contributed by atoms with Crippen LogP contribution in [0.1, 0.15) is 50.5 Å². The second-order valence-electron chi connectivity index (χ2n) is 10.1. The van der Waals surface area contributed by atoms with Crippen LogP contribution in [-0.2, 0) is 16.1 Å². The number of amides is 1. The Bertz CT molecular complexity index is 1750. The lowest BCUT2D eigenvalue weighted by Gasteiger charge is -2.27. The van der Waals surface area contributed by atoms with Crippen molar-refractivity contribution >= 4 is 27.5 Å². The highest BCUT2D eigenvalue weighted by atomic mass is 32.1. The molecule has 0 saturated heterocycles. The summed E-state index contributed by atoms with van der Waals surface area (Å²) in [7, 11) is 3.05. The van der Waals surface area contributed by atoms with Gasteiger partial charge >= 0.3 is 5.69 Å². The topological polar surface area (TPSA) is 124 Å². The van der Waals surface area contributed by atoms with Crippen LogP contribution >= 0.6 is 11.3 Å². The van der Waals surface area contributed by atoms with Crippen molar-refractivity contribution in [3.05, 3.63) is 74.4 Å². The molecule has 0 aliphatic carbocycles. The summed E-state index contributed by atoms with van der Waals surface area (Å²) in [5, 5.41) is 14.3. The van der Waals surface area contributed by atoms with Crippen LogP contribution in [0, 0.1) is 24.1 Å². The number of hydrogen-bond donors (Lipinski definition) is 0. The lowest BCUT2D eigenvalue weighted by molar-refractivity contribution is -0.134. The standard InChI is InChI=1S/C29H33FN6O5S/c1-17(2)33(5)25(37)19(4)36-26(38)24-18(3)27(35-13-8-12-32-35)42-28(24)34(29(36)39)16-23(41-14-7-11-31)21-15-20(30)9-10-22(21)40-6/h8-10,12-13,15,17,19,23H,7,14,16H2,1-6H3/t19-,23+/m1/s1. The number of ether oxygens (including phenoxy) is 2. The molecule has 1 aromatic carbocycles. The Morgan fingerprint density at radius 2 is 2.00 bits per heavy atom. The van der Waals surface area contributed by atoms with Gasteiger partial charge < -0.3 is 14.4 Å². The molecule has 4 aromatic rings. The van der Waals surface area contributed by atoms with Crippen molar-refractivity contribution in [2.75, 3.05) is 20.8 Å². The molecule has 0 radical (unpaired) electrons. The van der Waals surface area contributed by atoms with Crippen molar-refractivity contribution in [3.63, 3.8) is 0 Å². The number of nitriles is 1. The summed E-state index contributed by atoms with van der Waals surface area (Å²) in [4.78, 5) is 43.3. The van der Waals surface area contributed by atoms with Crippen LogP contribution in [0.3, 0.4) is 0 Å². The average molecular weight is 597 g/mol. The normalized spacial score (nSPS) is 12.8. The maximum atomic E-state index is 14.4. The second-order valence-corrected chi connectivity index (χ2v) is 11.1. The SMILES string of the molecule is COc1ccc(F)cc1[C@H](Cn1c(=O)n([C@H](C)C(=O)N(C)C(C)C)c(=O)c2c(C)c(-n3cccn3)sc21)OCCC#N. The molecule has 222 valence electrons. The van der Waals surface area contributed by atoms with Gasteiger partial charge in [0.25, 0.3) is 5.56 Å². The molecule has 2 atom stereocenters. The molecule has 4 rings (SSSR count). The van der Waals surface area contributed by atoms with Crippen LogP contribution in [-0.4, -0.2) is 56.5 Å². The van der Waals surface area contributed by atoms with E-state index in [2.05, 4.69) is 5.10 Å². The summed E-state index contributed by atoms with van der Waals surface area (Å²) in [5.41, 5.74) is -0.393. The molecule has 11 nitrogen and oxygen atoms in total. The number of thiophene rings is 1. The lowest BCUT2D eigenvalue weighted by atomic mass is 10.1. The minimum Gasteiger partial charge on any atom is -0.496 e. The van der Waals surface area contributed by atoms with E-state index in [0.29, 0.717) is 26.7 Å². The van der Waals surface area contributed by atoms with E-state index < -0.39 is 35.1 Å². The van der Waals surface area contributed by atoms with Crippen LogP contribution in [0.5, 0.6) is 5.75 Å². The predicted octanol–water partition coefficient (Wildman–Crippen LogP) is 3.97. The largest absolute Gasteiger partial charge is 0.496 e. The second kappa shape index (κ2) is 12.7. The molecule has 1 amide bonds. The number of halogens is 1. The third-order valence-corrected chi connectivity index (χ3v) is 8.52. The van der Waals surface area contributed by atoms with Gasteiger partial charge in [-0.15, -0.1) is 0 Å². The fourth-order valence-electron chi connectivity index (χ4n) is 4.73. The molecule has 0 aliphatic heterocycles. The van der Waals surface area contributed by atoms with E-state index in [0.717, 1.165) is 4.57 Å². The number of fused-ring (bicyclic) bond motifs is 1. The quantitative estimate of drug-likeness (QED) is 0.240. The van der Waals surface area contributed by atoms with Crippen molar-refractivity contribution < 1.29 is 18.7 Å². The van der Waals surface area contributed by atoms with Gasteiger partial charge in [-0.1, -0.05) is 11.3 Å². The lowest BCUT2D eigenvalue weighted by Crippen LogP contribution is -2.47. The van der Waals surface area contributed by atoms with E-state index in [1.165, 1.54) is 53.0 Å². The van der Waals surface area contributed by atoms with E-state index >= 15 is 0 Å². The number of rotatable bonds is 11. The maximum absolute atomic E-state index is 14.4. The zero-order chi connectivity index (χ0) is 30.7. The molecule has 0 bridgehead atoms. The fourth-order valence-corrected chi connectivity index (χ4v) is 5.98. The summed E-state index contributed by atoms with van der Waals surface area (Å²) in [6, 6.07) is 6.45. The number of carbonyl (C=O) groups excluding carboxylic acids is 1. The van der Waals surface area contributed by atoms with E-state index in [1.807, 2.05) is 19.9 Å². The van der Waals surface area contributed by atoms with E-state index in [9.17, 15) is 18.8 Å². The van der Waals surface area contributed by atoms with Crippen LogP contribution in [0.25, 0.3) is 15.2 Å². The average Bonchev–Trinajstić information content (AvgIpc) is 3.61. The summed E-state index contributed by atoms with van der Waals surface area (Å²) in [6.45, 7) is 6.81. The van der Waals surface area contributed by atoms with Gasteiger partial charge in [0.05, 0.1) is 38.1 Å². The van der Waals surface area contributed by atoms with Gasteiger partial charge in [-0.3, -0.25) is 14.2 Å². The molecular weight excluding hydrogens is 563 g/mol. The third kappa shape index (κ3) is 5.73. The first-order valence-electron chi connectivity index (χ1n) is 13.4. The number of aryl methyl sites for hydroxylation is 1. The first-order chi connectivity index (χ1) is 20.0. The maximum Gasteiger partial charge on any atom is 0.332 e. The molecule has 42 heavy (non-hydrogen) atoms. The first kappa shape index (κ1) is 30.7. The molecule has 0 N–H and O–H groups in total. The minimum absolute atomic E-state index is 0.00838. The predicted molar refractivity (Wildman–Crippen MR) is 157 cm³/mol. The van der Waals surface area contributed by atoms with Crippen LogP contribution in [0.15, 0.2) is 46.2 Å². The Balaban J connectivity index is 2.00. The van der Waals surface area contributed by atoms with E-state index in [1.54, 1.807) is 37.1 Å². The highest BCUT2D eigenvalue weighted by Gasteiger charge is 2.30. The fraction of sp³-hybridized carbons (Fsp3) is 0.414. The van der Waals surface area contributed by atoms with E-state index in [-0.39, 0.29) is 31.0 Å². The van der Waals surface area contributed by atoms with Crippen molar-refractivity contribution in [1.29, 1.82) is 5.26 Å². The minimum atomic E-state index is -1.11. The summed E-state index contributed by atoms with van der Waals surface area (Å²) in [6.07, 6.45) is 2.46. The van der Waals surface area contributed by atoms with Crippen molar-refractivity contribution in [1.82, 2.24) is 23.8 Å². The Kier molecular flexibility index (Phi) is 9.28. The number of nitrogens with zero attached hydrogens (tertiary/aromatic N) is 6. The molecule has 0 aliphatic rings. The van der Waals surface area contributed by atoms with Gasteiger partial charge in [0.2, 0.25) is 5.91 Å². The molecule has 13 heteroatoms. The monoisotopic (exact) mass is 596 g/mol. The van der Waals surface area contributed by atoms with Gasteiger partial charge in [-0.2, -0.15) is 10.4 Å². The van der Waals surface area contributed by atoms with Gasteiger partial charge in [0.15, 0.2) is 0 Å². The number of hydrogen-bond acceptors (Lipinski definition) is 8. The molecule has 3 heterocycles. The molecule has 0 unspecified atom stereocenters. The zero-order valence-electron chi connectivity index (χ0n) is 24.3. The number of likely N-dealkylation sites (N-methyl/N-ethyl adjacent to an activating group) is 1. The first-order valence-corrected chi connectivity index (χ1v) is 14.2. The summed E-state index contributed by atoms with van der Waals surface area (Å²) >= 11 is 1.20. The summed E-state index contributed by atoms with van der Waals surface area (Å²) < 4.78 is 29.9. The van der Waals surface area contributed by atoms with Gasteiger partial charge in [0.1, 0.15) is 33.5 Å². The zero-order valence-corrected chi connectivity index (χ0v) is 25.1. The number of benzene rings is 1. The van der Waals surface area contributed by atoms with Crippen LogP contribution < -0.4 is 16.0 Å². The number of aromatic nitrogens is 4. The van der Waals surface area contributed by atoms with E-state index in [4.69, 9.17) is 14.7 Å². The molecule has 3 aromatic heterocycles. The van der Waals surface area contributed by atoms with Crippen molar-refractivity contribution in [2.24, 2.45) is 0 Å². The molecule has 0 saturated carbocycles. The van der Waals surface area contributed by atoms with Crippen molar-refractivity contribution in [3.8, 4) is 16.8 Å². The molecule has 0 fully saturated rings. The van der Waals surface area contributed by atoms with Crippen LogP contribution in [0.2, 0.25) is 0 Å². The van der Waals surface area contributed by atoms with Gasteiger partial charge in [-0.05, 0) is 52.0 Å². The van der Waals surface area contributed by atoms with Gasteiger partial charge in [0, 0.05) is 36.6 Å². The Labute approximate surface area is 245 Å².